The molecule has 2 N–H and O–H groups in total. The van der Waals surface area contributed by atoms with Crippen LogP contribution in [0.1, 0.15) is 12.5 Å². The summed E-state index contributed by atoms with van der Waals surface area (Å²) in [6.07, 6.45) is 0. The van der Waals surface area contributed by atoms with Gasteiger partial charge < -0.3 is 20.1 Å². The third kappa shape index (κ3) is 4.87. The Balaban J connectivity index is 2.14. The summed E-state index contributed by atoms with van der Waals surface area (Å²) in [6, 6.07) is 11.9. The standard InChI is InChI=1S/C18H22FN3O2/c1-4-20-18(21-12-13-6-5-7-14(19)10-13)22-15-8-9-16(23-2)17(11-15)24-3/h5-11H,4,12H2,1-3H3,(H2,20,21,22). The second-order valence-corrected chi connectivity index (χ2v) is 5.02. The molecule has 5 nitrogen and oxygen atoms in total. The van der Waals surface area contributed by atoms with E-state index in [0.717, 1.165) is 11.3 Å². The summed E-state index contributed by atoms with van der Waals surface area (Å²) < 4.78 is 23.8. The second-order valence-electron chi connectivity index (χ2n) is 5.02. The molecular weight excluding hydrogens is 309 g/mol. The van der Waals surface area contributed by atoms with Crippen molar-refractivity contribution < 1.29 is 13.9 Å². The van der Waals surface area contributed by atoms with Gasteiger partial charge in [0.05, 0.1) is 20.8 Å². The molecule has 6 heteroatoms. The maximum atomic E-state index is 13.2. The molecule has 0 aliphatic heterocycles. The molecule has 2 aromatic rings. The van der Waals surface area contributed by atoms with E-state index in [2.05, 4.69) is 15.6 Å². The van der Waals surface area contributed by atoms with Crippen LogP contribution in [0.25, 0.3) is 0 Å². The van der Waals surface area contributed by atoms with Gasteiger partial charge >= 0.3 is 0 Å². The molecule has 2 rings (SSSR count). The van der Waals surface area contributed by atoms with Gasteiger partial charge in [0.25, 0.3) is 0 Å². The Morgan fingerprint density at radius 2 is 1.88 bits per heavy atom. The number of ether oxygens (including phenoxy) is 2. The Hall–Kier alpha value is -2.76. The lowest BCUT2D eigenvalue weighted by Gasteiger charge is -2.14. The van der Waals surface area contributed by atoms with Gasteiger partial charge in [0.2, 0.25) is 0 Å². The van der Waals surface area contributed by atoms with Gasteiger partial charge in [-0.2, -0.15) is 0 Å². The summed E-state index contributed by atoms with van der Waals surface area (Å²) in [5.74, 6) is 1.63. The number of anilines is 1. The molecule has 0 fully saturated rings. The summed E-state index contributed by atoms with van der Waals surface area (Å²) in [7, 11) is 3.18. The smallest absolute Gasteiger partial charge is 0.196 e. The number of nitrogens with zero attached hydrogens (tertiary/aromatic N) is 1. The normalized spacial score (nSPS) is 11.1. The van der Waals surface area contributed by atoms with Gasteiger partial charge in [0, 0.05) is 18.3 Å². The van der Waals surface area contributed by atoms with Crippen LogP contribution in [0, 0.1) is 5.82 Å². The highest BCUT2D eigenvalue weighted by Crippen LogP contribution is 2.29. The van der Waals surface area contributed by atoms with E-state index in [9.17, 15) is 4.39 Å². The molecule has 0 spiro atoms. The number of nitrogens with one attached hydrogen (secondary N) is 2. The summed E-state index contributed by atoms with van der Waals surface area (Å²) >= 11 is 0. The predicted octanol–water partition coefficient (Wildman–Crippen LogP) is 3.42. The first-order valence-corrected chi connectivity index (χ1v) is 7.68. The van der Waals surface area contributed by atoms with Crippen molar-refractivity contribution in [2.75, 3.05) is 26.1 Å². The average Bonchev–Trinajstić information content (AvgIpc) is 2.60. The predicted molar refractivity (Wildman–Crippen MR) is 94.4 cm³/mol. The minimum Gasteiger partial charge on any atom is -0.493 e. The van der Waals surface area contributed by atoms with Crippen LogP contribution in [0.4, 0.5) is 10.1 Å². The van der Waals surface area contributed by atoms with E-state index in [4.69, 9.17) is 9.47 Å². The molecule has 0 saturated carbocycles. The molecule has 0 saturated heterocycles. The van der Waals surface area contributed by atoms with Gasteiger partial charge in [-0.05, 0) is 36.8 Å². The van der Waals surface area contributed by atoms with Gasteiger partial charge in [0.15, 0.2) is 17.5 Å². The first kappa shape index (κ1) is 17.6. The van der Waals surface area contributed by atoms with Crippen LogP contribution in [0.3, 0.4) is 0 Å². The third-order valence-electron chi connectivity index (χ3n) is 3.30. The molecule has 24 heavy (non-hydrogen) atoms. The second kappa shape index (κ2) is 8.76. The zero-order valence-corrected chi connectivity index (χ0v) is 14.1. The molecule has 0 atom stereocenters. The van der Waals surface area contributed by atoms with Crippen LogP contribution in [0.5, 0.6) is 11.5 Å². The van der Waals surface area contributed by atoms with Crippen molar-refractivity contribution in [1.82, 2.24) is 5.32 Å². The number of aliphatic imine (C=N–C) groups is 1. The van der Waals surface area contributed by atoms with Crippen molar-refractivity contribution in [2.24, 2.45) is 4.99 Å². The van der Waals surface area contributed by atoms with Crippen molar-refractivity contribution in [3.63, 3.8) is 0 Å². The highest BCUT2D eigenvalue weighted by Gasteiger charge is 2.06. The fourth-order valence-electron chi connectivity index (χ4n) is 2.16. The summed E-state index contributed by atoms with van der Waals surface area (Å²) in [5, 5.41) is 6.36. The maximum absolute atomic E-state index is 13.2. The Kier molecular flexibility index (Phi) is 6.42. The molecule has 0 bridgehead atoms. The SMILES string of the molecule is CCNC(=NCc1cccc(F)c1)Nc1ccc(OC)c(OC)c1. The molecule has 2 aromatic carbocycles. The van der Waals surface area contributed by atoms with Gasteiger partial charge in [-0.15, -0.1) is 0 Å². The fourth-order valence-corrected chi connectivity index (χ4v) is 2.16. The van der Waals surface area contributed by atoms with Gasteiger partial charge in [0.1, 0.15) is 5.82 Å². The number of benzene rings is 2. The summed E-state index contributed by atoms with van der Waals surface area (Å²) in [4.78, 5) is 4.47. The van der Waals surface area contributed by atoms with E-state index in [1.54, 1.807) is 20.3 Å². The quantitative estimate of drug-likeness (QED) is 0.629. The zero-order chi connectivity index (χ0) is 17.4. The van der Waals surface area contributed by atoms with Crippen LogP contribution in [-0.4, -0.2) is 26.7 Å². The van der Waals surface area contributed by atoms with E-state index in [1.807, 2.05) is 31.2 Å². The maximum Gasteiger partial charge on any atom is 0.196 e. The number of guanidine groups is 1. The van der Waals surface area contributed by atoms with Crippen molar-refractivity contribution in [2.45, 2.75) is 13.5 Å². The van der Waals surface area contributed by atoms with Crippen molar-refractivity contribution in [3.8, 4) is 11.5 Å². The molecule has 0 heterocycles. The van der Waals surface area contributed by atoms with Gasteiger partial charge in [-0.25, -0.2) is 9.38 Å². The van der Waals surface area contributed by atoms with Crippen LogP contribution in [0.2, 0.25) is 0 Å². The van der Waals surface area contributed by atoms with Crippen LogP contribution in [-0.2, 0) is 6.54 Å². The topological polar surface area (TPSA) is 54.9 Å². The molecule has 0 aliphatic carbocycles. The van der Waals surface area contributed by atoms with E-state index in [1.165, 1.54) is 12.1 Å². The first-order valence-electron chi connectivity index (χ1n) is 7.68. The zero-order valence-electron chi connectivity index (χ0n) is 14.1. The lowest BCUT2D eigenvalue weighted by molar-refractivity contribution is 0.355. The summed E-state index contributed by atoms with van der Waals surface area (Å²) in [5.41, 5.74) is 1.62. The minimum atomic E-state index is -0.263. The van der Waals surface area contributed by atoms with Crippen molar-refractivity contribution in [1.29, 1.82) is 0 Å². The molecular formula is C18H22FN3O2. The van der Waals surface area contributed by atoms with Crippen LogP contribution >= 0.6 is 0 Å². The van der Waals surface area contributed by atoms with E-state index < -0.39 is 0 Å². The van der Waals surface area contributed by atoms with E-state index in [0.29, 0.717) is 30.5 Å². The third-order valence-corrected chi connectivity index (χ3v) is 3.30. The Morgan fingerprint density at radius 1 is 1.08 bits per heavy atom. The van der Waals surface area contributed by atoms with Gasteiger partial charge in [-0.3, -0.25) is 0 Å². The number of hydrogen-bond acceptors (Lipinski definition) is 3. The van der Waals surface area contributed by atoms with Crippen LogP contribution in [0.15, 0.2) is 47.5 Å². The van der Waals surface area contributed by atoms with Crippen LogP contribution < -0.4 is 20.1 Å². The summed E-state index contributed by atoms with van der Waals surface area (Å²) in [6.45, 7) is 3.07. The highest BCUT2D eigenvalue weighted by atomic mass is 19.1. The molecule has 0 unspecified atom stereocenters. The molecule has 0 amide bonds. The number of methoxy groups -OCH3 is 2. The molecule has 0 radical (unpaired) electrons. The largest absolute Gasteiger partial charge is 0.493 e. The average molecular weight is 331 g/mol. The monoisotopic (exact) mass is 331 g/mol. The number of rotatable bonds is 6. The molecule has 0 aliphatic rings. The highest BCUT2D eigenvalue weighted by molar-refractivity contribution is 5.93. The number of hydrogen-bond donors (Lipinski definition) is 2. The lowest BCUT2D eigenvalue weighted by atomic mass is 10.2. The van der Waals surface area contributed by atoms with Crippen molar-refractivity contribution >= 4 is 11.6 Å². The fraction of sp³-hybridized carbons (Fsp3) is 0.278. The minimum absolute atomic E-state index is 0.263. The molecule has 0 aromatic heterocycles. The molecule has 128 valence electrons. The van der Waals surface area contributed by atoms with E-state index >= 15 is 0 Å². The first-order chi connectivity index (χ1) is 11.7. The number of halogens is 1. The Morgan fingerprint density at radius 3 is 2.54 bits per heavy atom. The van der Waals surface area contributed by atoms with Crippen molar-refractivity contribution in [3.05, 3.63) is 53.8 Å². The van der Waals surface area contributed by atoms with E-state index in [-0.39, 0.29) is 5.82 Å². The lowest BCUT2D eigenvalue weighted by Crippen LogP contribution is -2.30. The van der Waals surface area contributed by atoms with Gasteiger partial charge in [-0.1, -0.05) is 12.1 Å². The Labute approximate surface area is 141 Å². The Bertz CT molecular complexity index is 704.